The van der Waals surface area contributed by atoms with E-state index in [4.69, 9.17) is 4.74 Å². The fourth-order valence-corrected chi connectivity index (χ4v) is 6.32. The SMILES string of the molecule is COc1cccc(C2(O)CCN(CC34CC(c5ccccc53)c3ccccc34)CC2)n1. The van der Waals surface area contributed by atoms with Gasteiger partial charge in [-0.25, -0.2) is 4.98 Å². The average molecular weight is 413 g/mol. The second kappa shape index (κ2) is 6.91. The van der Waals surface area contributed by atoms with Crippen LogP contribution in [0.5, 0.6) is 5.88 Å². The lowest BCUT2D eigenvalue weighted by Crippen LogP contribution is -2.48. The molecule has 6 rings (SSSR count). The summed E-state index contributed by atoms with van der Waals surface area (Å²) in [5, 5.41) is 11.3. The van der Waals surface area contributed by atoms with Gasteiger partial charge in [0.2, 0.25) is 5.88 Å². The van der Waals surface area contributed by atoms with Gasteiger partial charge in [0, 0.05) is 37.0 Å². The molecule has 0 amide bonds. The summed E-state index contributed by atoms with van der Waals surface area (Å²) >= 11 is 0. The number of aliphatic hydroxyl groups is 1. The molecule has 4 nitrogen and oxygen atoms in total. The van der Waals surface area contributed by atoms with Gasteiger partial charge in [0.1, 0.15) is 5.60 Å². The minimum absolute atomic E-state index is 0.0710. The molecule has 2 bridgehead atoms. The van der Waals surface area contributed by atoms with Gasteiger partial charge in [0.15, 0.2) is 0 Å². The molecule has 1 aliphatic heterocycles. The smallest absolute Gasteiger partial charge is 0.213 e. The number of nitrogens with zero attached hydrogens (tertiary/aromatic N) is 2. The Morgan fingerprint density at radius 2 is 1.58 bits per heavy atom. The Labute approximate surface area is 183 Å². The molecule has 0 spiro atoms. The quantitative estimate of drug-likeness (QED) is 0.697. The van der Waals surface area contributed by atoms with Crippen LogP contribution in [0.25, 0.3) is 0 Å². The van der Waals surface area contributed by atoms with E-state index < -0.39 is 5.60 Å². The minimum atomic E-state index is -0.883. The Morgan fingerprint density at radius 1 is 0.935 bits per heavy atom. The monoisotopic (exact) mass is 412 g/mol. The maximum Gasteiger partial charge on any atom is 0.213 e. The fourth-order valence-electron chi connectivity index (χ4n) is 6.32. The van der Waals surface area contributed by atoms with E-state index in [0.717, 1.165) is 25.3 Å². The van der Waals surface area contributed by atoms with E-state index in [-0.39, 0.29) is 5.41 Å². The number of ether oxygens (including phenoxy) is 1. The predicted molar refractivity (Wildman–Crippen MR) is 120 cm³/mol. The predicted octanol–water partition coefficient (Wildman–Crippen LogP) is 4.21. The first kappa shape index (κ1) is 19.0. The first-order chi connectivity index (χ1) is 15.1. The van der Waals surface area contributed by atoms with Crippen LogP contribution < -0.4 is 4.74 Å². The highest BCUT2D eigenvalue weighted by Gasteiger charge is 2.53. The van der Waals surface area contributed by atoms with Gasteiger partial charge in [0.05, 0.1) is 12.8 Å². The van der Waals surface area contributed by atoms with Crippen LogP contribution in [0.1, 0.15) is 53.1 Å². The van der Waals surface area contributed by atoms with Crippen molar-refractivity contribution in [2.24, 2.45) is 0 Å². The van der Waals surface area contributed by atoms with Gasteiger partial charge in [-0.05, 0) is 47.6 Å². The Hall–Kier alpha value is -2.69. The molecule has 3 aromatic rings. The molecule has 3 aliphatic rings. The van der Waals surface area contributed by atoms with Crippen molar-refractivity contribution in [3.05, 3.63) is 94.7 Å². The van der Waals surface area contributed by atoms with E-state index >= 15 is 0 Å². The molecule has 1 N–H and O–H groups in total. The first-order valence-corrected chi connectivity index (χ1v) is 11.3. The van der Waals surface area contributed by atoms with Crippen LogP contribution in [-0.4, -0.2) is 41.7 Å². The van der Waals surface area contributed by atoms with Gasteiger partial charge in [-0.15, -0.1) is 0 Å². The summed E-state index contributed by atoms with van der Waals surface area (Å²) in [4.78, 5) is 7.07. The van der Waals surface area contributed by atoms with Crippen molar-refractivity contribution in [1.82, 2.24) is 9.88 Å². The van der Waals surface area contributed by atoms with Gasteiger partial charge >= 0.3 is 0 Å². The molecule has 0 atom stereocenters. The number of pyridine rings is 1. The van der Waals surface area contributed by atoms with Crippen molar-refractivity contribution in [2.75, 3.05) is 26.7 Å². The Morgan fingerprint density at radius 3 is 2.23 bits per heavy atom. The summed E-state index contributed by atoms with van der Waals surface area (Å²) in [6.07, 6.45) is 2.55. The molecule has 0 unspecified atom stereocenters. The number of piperidine rings is 1. The van der Waals surface area contributed by atoms with Gasteiger partial charge in [-0.3, -0.25) is 0 Å². The fraction of sp³-hybridized carbons (Fsp3) is 0.370. The zero-order chi connectivity index (χ0) is 21.1. The summed E-state index contributed by atoms with van der Waals surface area (Å²) in [7, 11) is 1.62. The molecule has 2 aromatic carbocycles. The summed E-state index contributed by atoms with van der Waals surface area (Å²) in [5.41, 5.74) is 5.95. The summed E-state index contributed by atoms with van der Waals surface area (Å²) < 4.78 is 5.27. The number of likely N-dealkylation sites (tertiary alicyclic amines) is 1. The third kappa shape index (κ3) is 2.78. The van der Waals surface area contributed by atoms with Crippen LogP contribution in [0.4, 0.5) is 0 Å². The summed E-state index contributed by atoms with van der Waals surface area (Å²) in [6.45, 7) is 2.75. The van der Waals surface area contributed by atoms with Crippen molar-refractivity contribution in [3.8, 4) is 5.88 Å². The number of benzene rings is 2. The molecule has 0 saturated carbocycles. The van der Waals surface area contributed by atoms with Crippen LogP contribution in [0.15, 0.2) is 66.7 Å². The van der Waals surface area contributed by atoms with Crippen molar-refractivity contribution in [1.29, 1.82) is 0 Å². The molecule has 4 heteroatoms. The van der Waals surface area contributed by atoms with Crippen molar-refractivity contribution >= 4 is 0 Å². The molecule has 1 saturated heterocycles. The van der Waals surface area contributed by atoms with Crippen LogP contribution in [-0.2, 0) is 11.0 Å². The lowest BCUT2D eigenvalue weighted by Gasteiger charge is -2.42. The van der Waals surface area contributed by atoms with Crippen LogP contribution in [0, 0.1) is 0 Å². The molecule has 2 heterocycles. The normalized spacial score (nSPS) is 25.8. The molecular formula is C27H28N2O2. The molecule has 31 heavy (non-hydrogen) atoms. The number of aromatic nitrogens is 1. The first-order valence-electron chi connectivity index (χ1n) is 11.3. The van der Waals surface area contributed by atoms with Gasteiger partial charge in [0.25, 0.3) is 0 Å². The number of fused-ring (bicyclic) bond motifs is 8. The molecule has 2 aliphatic carbocycles. The lowest BCUT2D eigenvalue weighted by atomic mass is 9.74. The van der Waals surface area contributed by atoms with Crippen molar-refractivity contribution in [2.45, 2.75) is 36.2 Å². The number of rotatable bonds is 4. The highest BCUT2D eigenvalue weighted by molar-refractivity contribution is 5.62. The number of methoxy groups -OCH3 is 1. The molecule has 1 aromatic heterocycles. The van der Waals surface area contributed by atoms with E-state index in [0.29, 0.717) is 24.6 Å². The average Bonchev–Trinajstić information content (AvgIpc) is 3.33. The summed E-state index contributed by atoms with van der Waals surface area (Å²) in [6, 6.07) is 23.7. The third-order valence-corrected chi connectivity index (χ3v) is 7.84. The second-order valence-electron chi connectivity index (χ2n) is 9.39. The second-order valence-corrected chi connectivity index (χ2v) is 9.39. The standard InChI is InChI=1S/C27H28N2O2/c1-31-25-12-6-11-24(28-25)27(30)13-15-29(16-14-27)18-26-17-21(19-7-2-4-9-22(19)26)20-8-3-5-10-23(20)26/h2-12,21,30H,13-18H2,1H3. The molecular weight excluding hydrogens is 384 g/mol. The van der Waals surface area contributed by atoms with Gasteiger partial charge in [-0.1, -0.05) is 54.6 Å². The topological polar surface area (TPSA) is 45.6 Å². The van der Waals surface area contributed by atoms with Crippen molar-refractivity contribution in [3.63, 3.8) is 0 Å². The Balaban J connectivity index is 1.27. The zero-order valence-electron chi connectivity index (χ0n) is 17.9. The van der Waals surface area contributed by atoms with E-state index in [1.165, 1.54) is 28.7 Å². The van der Waals surface area contributed by atoms with Crippen molar-refractivity contribution < 1.29 is 9.84 Å². The van der Waals surface area contributed by atoms with E-state index in [1.807, 2.05) is 18.2 Å². The molecule has 0 radical (unpaired) electrons. The van der Waals surface area contributed by atoms with E-state index in [9.17, 15) is 5.11 Å². The maximum absolute atomic E-state index is 11.3. The Kier molecular flexibility index (Phi) is 4.24. The zero-order valence-corrected chi connectivity index (χ0v) is 17.9. The molecule has 1 fully saturated rings. The number of hydrogen-bond donors (Lipinski definition) is 1. The van der Waals surface area contributed by atoms with Gasteiger partial charge < -0.3 is 14.7 Å². The van der Waals surface area contributed by atoms with Gasteiger partial charge in [-0.2, -0.15) is 0 Å². The van der Waals surface area contributed by atoms with Crippen LogP contribution >= 0.6 is 0 Å². The molecule has 158 valence electrons. The van der Waals surface area contributed by atoms with Crippen LogP contribution in [0.2, 0.25) is 0 Å². The minimum Gasteiger partial charge on any atom is -0.481 e. The largest absolute Gasteiger partial charge is 0.481 e. The maximum atomic E-state index is 11.3. The Bertz CT molecular complexity index is 1090. The summed E-state index contributed by atoms with van der Waals surface area (Å²) in [5.74, 6) is 1.08. The highest BCUT2D eigenvalue weighted by atomic mass is 16.5. The highest BCUT2D eigenvalue weighted by Crippen LogP contribution is 2.60. The van der Waals surface area contributed by atoms with E-state index in [1.54, 1.807) is 7.11 Å². The van der Waals surface area contributed by atoms with Crippen LogP contribution in [0.3, 0.4) is 0 Å². The van der Waals surface area contributed by atoms with E-state index in [2.05, 4.69) is 58.4 Å². The third-order valence-electron chi connectivity index (χ3n) is 7.84. The number of hydrogen-bond acceptors (Lipinski definition) is 4. The lowest BCUT2D eigenvalue weighted by molar-refractivity contribution is -0.0325.